The van der Waals surface area contributed by atoms with Crippen molar-refractivity contribution in [1.29, 1.82) is 0 Å². The van der Waals surface area contributed by atoms with Crippen molar-refractivity contribution < 1.29 is 9.53 Å². The Morgan fingerprint density at radius 3 is 2.69 bits per heavy atom. The van der Waals surface area contributed by atoms with Gasteiger partial charge in [-0.05, 0) is 39.3 Å². The number of piperidine rings is 2. The molecule has 1 N–H and O–H groups in total. The Kier molecular flexibility index (Phi) is 4.18. The van der Waals surface area contributed by atoms with E-state index in [1.54, 1.807) is 0 Å². The summed E-state index contributed by atoms with van der Waals surface area (Å²) in [6.07, 6.45) is 4.21. The van der Waals surface area contributed by atoms with Crippen LogP contribution in [0.25, 0.3) is 0 Å². The maximum Gasteiger partial charge on any atom is 0.310 e. The molecule has 1 atom stereocenters. The highest BCUT2D eigenvalue weighted by atomic mass is 16.5. The summed E-state index contributed by atoms with van der Waals surface area (Å²) in [5.41, 5.74) is 0. The fourth-order valence-corrected chi connectivity index (χ4v) is 2.42. The summed E-state index contributed by atoms with van der Waals surface area (Å²) in [4.78, 5) is 14.2. The molecule has 2 saturated heterocycles. The van der Waals surface area contributed by atoms with Crippen LogP contribution in [0.5, 0.6) is 0 Å². The summed E-state index contributed by atoms with van der Waals surface area (Å²) < 4.78 is 5.57. The summed E-state index contributed by atoms with van der Waals surface area (Å²) in [5.74, 6) is 0.107. The lowest BCUT2D eigenvalue weighted by Gasteiger charge is -2.30. The van der Waals surface area contributed by atoms with Gasteiger partial charge in [-0.2, -0.15) is 0 Å². The number of ether oxygens (including phenoxy) is 1. The molecule has 0 aromatic rings. The van der Waals surface area contributed by atoms with Crippen LogP contribution in [0.15, 0.2) is 0 Å². The maximum absolute atomic E-state index is 11.9. The van der Waals surface area contributed by atoms with E-state index < -0.39 is 0 Å². The van der Waals surface area contributed by atoms with Crippen LogP contribution < -0.4 is 5.32 Å². The minimum Gasteiger partial charge on any atom is -0.462 e. The molecular formula is C12H22N2O2. The summed E-state index contributed by atoms with van der Waals surface area (Å²) in [6.45, 7) is 3.92. The van der Waals surface area contributed by atoms with Gasteiger partial charge in [-0.3, -0.25) is 4.79 Å². The first-order valence-corrected chi connectivity index (χ1v) is 6.35. The van der Waals surface area contributed by atoms with Gasteiger partial charge >= 0.3 is 5.97 Å². The summed E-state index contributed by atoms with van der Waals surface area (Å²) in [6, 6.07) is 0. The summed E-state index contributed by atoms with van der Waals surface area (Å²) in [5, 5.41) is 3.25. The molecule has 0 aliphatic carbocycles. The van der Waals surface area contributed by atoms with E-state index in [0.29, 0.717) is 0 Å². The van der Waals surface area contributed by atoms with Crippen molar-refractivity contribution in [2.75, 3.05) is 33.2 Å². The van der Waals surface area contributed by atoms with Crippen LogP contribution in [0, 0.1) is 5.92 Å². The fraction of sp³-hybridized carbons (Fsp3) is 0.917. The molecule has 2 aliphatic heterocycles. The first-order valence-electron chi connectivity index (χ1n) is 6.35. The van der Waals surface area contributed by atoms with Gasteiger partial charge in [-0.25, -0.2) is 0 Å². The van der Waals surface area contributed by atoms with Gasteiger partial charge in [-0.1, -0.05) is 0 Å². The molecule has 2 rings (SSSR count). The second-order valence-electron chi connectivity index (χ2n) is 4.98. The van der Waals surface area contributed by atoms with Gasteiger partial charge in [0.05, 0.1) is 5.92 Å². The largest absolute Gasteiger partial charge is 0.462 e. The van der Waals surface area contributed by atoms with Crippen LogP contribution in [0.1, 0.15) is 25.7 Å². The predicted molar refractivity (Wildman–Crippen MR) is 62.2 cm³/mol. The molecule has 2 heterocycles. The lowest BCUT2D eigenvalue weighted by molar-refractivity contribution is -0.156. The van der Waals surface area contributed by atoms with Gasteiger partial charge in [0.15, 0.2) is 0 Å². The fourth-order valence-electron chi connectivity index (χ4n) is 2.42. The van der Waals surface area contributed by atoms with E-state index >= 15 is 0 Å². The topological polar surface area (TPSA) is 41.6 Å². The van der Waals surface area contributed by atoms with Crippen LogP contribution in [-0.4, -0.2) is 50.2 Å². The molecule has 2 aliphatic rings. The van der Waals surface area contributed by atoms with Crippen LogP contribution in [-0.2, 0) is 9.53 Å². The molecule has 92 valence electrons. The number of carbonyl (C=O) groups excluding carboxylic acids is 1. The van der Waals surface area contributed by atoms with E-state index in [-0.39, 0.29) is 18.0 Å². The van der Waals surface area contributed by atoms with Gasteiger partial charge in [0.25, 0.3) is 0 Å². The Hall–Kier alpha value is -0.610. The lowest BCUT2D eigenvalue weighted by atomic mass is 9.99. The van der Waals surface area contributed by atoms with Gasteiger partial charge < -0.3 is 15.0 Å². The smallest absolute Gasteiger partial charge is 0.310 e. The van der Waals surface area contributed by atoms with Crippen molar-refractivity contribution in [3.8, 4) is 0 Å². The average molecular weight is 226 g/mol. The Labute approximate surface area is 97.3 Å². The van der Waals surface area contributed by atoms with Crippen molar-refractivity contribution in [1.82, 2.24) is 10.2 Å². The Morgan fingerprint density at radius 2 is 2.06 bits per heavy atom. The number of carbonyl (C=O) groups is 1. The van der Waals surface area contributed by atoms with Crippen molar-refractivity contribution in [3.63, 3.8) is 0 Å². The Morgan fingerprint density at radius 1 is 1.31 bits per heavy atom. The van der Waals surface area contributed by atoms with Gasteiger partial charge in [0, 0.05) is 19.6 Å². The molecule has 16 heavy (non-hydrogen) atoms. The normalized spacial score (nSPS) is 28.9. The van der Waals surface area contributed by atoms with Crippen LogP contribution in [0.4, 0.5) is 0 Å². The van der Waals surface area contributed by atoms with Crippen molar-refractivity contribution in [2.24, 2.45) is 5.92 Å². The van der Waals surface area contributed by atoms with Crippen LogP contribution in [0.3, 0.4) is 0 Å². The van der Waals surface area contributed by atoms with Crippen molar-refractivity contribution >= 4 is 5.97 Å². The van der Waals surface area contributed by atoms with Gasteiger partial charge in [-0.15, -0.1) is 0 Å². The minimum absolute atomic E-state index is 0.0155. The number of rotatable bonds is 2. The van der Waals surface area contributed by atoms with Gasteiger partial charge in [0.2, 0.25) is 0 Å². The predicted octanol–water partition coefficient (Wildman–Crippen LogP) is 0.623. The monoisotopic (exact) mass is 226 g/mol. The second kappa shape index (κ2) is 5.64. The number of likely N-dealkylation sites (tertiary alicyclic amines) is 1. The third-order valence-electron chi connectivity index (χ3n) is 3.58. The number of nitrogens with one attached hydrogen (secondary N) is 1. The Bertz CT molecular complexity index is 231. The molecular weight excluding hydrogens is 204 g/mol. The third-order valence-corrected chi connectivity index (χ3v) is 3.58. The Balaban J connectivity index is 1.73. The standard InChI is InChI=1S/C12H22N2O2/c1-14-7-4-11(5-8-14)16-12(15)10-3-2-6-13-9-10/h10-11,13H,2-9H2,1H3/t10-/m1/s1. The highest BCUT2D eigenvalue weighted by molar-refractivity contribution is 5.73. The number of nitrogens with zero attached hydrogens (tertiary/aromatic N) is 1. The molecule has 0 amide bonds. The minimum atomic E-state index is 0.0155. The molecule has 0 radical (unpaired) electrons. The summed E-state index contributed by atoms with van der Waals surface area (Å²) >= 11 is 0. The molecule has 2 fully saturated rings. The molecule has 0 unspecified atom stereocenters. The highest BCUT2D eigenvalue weighted by Gasteiger charge is 2.26. The molecule has 4 nitrogen and oxygen atoms in total. The van der Waals surface area contributed by atoms with E-state index in [1.165, 1.54) is 0 Å². The van der Waals surface area contributed by atoms with Crippen LogP contribution >= 0.6 is 0 Å². The molecule has 0 aromatic heterocycles. The zero-order valence-electron chi connectivity index (χ0n) is 10.1. The number of esters is 1. The van der Waals surface area contributed by atoms with Crippen molar-refractivity contribution in [3.05, 3.63) is 0 Å². The van der Waals surface area contributed by atoms with E-state index in [4.69, 9.17) is 4.74 Å². The van der Waals surface area contributed by atoms with E-state index in [0.717, 1.165) is 51.9 Å². The lowest BCUT2D eigenvalue weighted by Crippen LogP contribution is -2.39. The molecule has 0 aromatic carbocycles. The zero-order chi connectivity index (χ0) is 11.4. The quantitative estimate of drug-likeness (QED) is 0.701. The number of hydrogen-bond donors (Lipinski definition) is 1. The van der Waals surface area contributed by atoms with E-state index in [1.807, 2.05) is 0 Å². The third kappa shape index (κ3) is 3.19. The van der Waals surface area contributed by atoms with E-state index in [2.05, 4.69) is 17.3 Å². The number of hydrogen-bond acceptors (Lipinski definition) is 4. The van der Waals surface area contributed by atoms with Crippen LogP contribution in [0.2, 0.25) is 0 Å². The molecule has 0 saturated carbocycles. The SMILES string of the molecule is CN1CCC(OC(=O)[C@@H]2CCCNC2)CC1. The highest BCUT2D eigenvalue weighted by Crippen LogP contribution is 2.17. The maximum atomic E-state index is 11.9. The van der Waals surface area contributed by atoms with E-state index in [9.17, 15) is 4.79 Å². The average Bonchev–Trinajstić information content (AvgIpc) is 2.33. The first-order chi connectivity index (χ1) is 7.75. The van der Waals surface area contributed by atoms with Gasteiger partial charge in [0.1, 0.15) is 6.10 Å². The second-order valence-corrected chi connectivity index (χ2v) is 4.98. The molecule has 0 spiro atoms. The summed E-state index contributed by atoms with van der Waals surface area (Å²) in [7, 11) is 2.11. The molecule has 4 heteroatoms. The first kappa shape index (κ1) is 11.9. The zero-order valence-corrected chi connectivity index (χ0v) is 10.1. The van der Waals surface area contributed by atoms with Crippen molar-refractivity contribution in [2.45, 2.75) is 31.8 Å². The molecule has 0 bridgehead atoms.